The van der Waals surface area contributed by atoms with Crippen molar-refractivity contribution in [2.75, 3.05) is 11.1 Å². The molecular formula is C20H17N3OS3. The van der Waals surface area contributed by atoms with Gasteiger partial charge in [-0.25, -0.2) is 4.98 Å². The van der Waals surface area contributed by atoms with Crippen molar-refractivity contribution in [3.8, 4) is 17.3 Å². The van der Waals surface area contributed by atoms with Crippen LogP contribution >= 0.6 is 34.4 Å². The number of carbonyl (C=O) groups is 1. The topological polar surface area (TPSA) is 65.8 Å². The van der Waals surface area contributed by atoms with Gasteiger partial charge >= 0.3 is 0 Å². The van der Waals surface area contributed by atoms with E-state index < -0.39 is 0 Å². The highest BCUT2D eigenvalue weighted by Gasteiger charge is 2.23. The Hall–Kier alpha value is -2.14. The molecule has 7 heteroatoms. The summed E-state index contributed by atoms with van der Waals surface area (Å²) >= 11 is 4.52. The van der Waals surface area contributed by atoms with Crippen LogP contribution in [0.1, 0.15) is 28.0 Å². The Morgan fingerprint density at radius 1 is 1.33 bits per heavy atom. The molecule has 1 aliphatic carbocycles. The first-order valence-corrected chi connectivity index (χ1v) is 11.3. The molecule has 1 N–H and O–H groups in total. The van der Waals surface area contributed by atoms with Gasteiger partial charge in [0.25, 0.3) is 0 Å². The summed E-state index contributed by atoms with van der Waals surface area (Å²) in [4.78, 5) is 18.2. The summed E-state index contributed by atoms with van der Waals surface area (Å²) < 4.78 is 0.870. The quantitative estimate of drug-likeness (QED) is 0.581. The van der Waals surface area contributed by atoms with E-state index in [1.54, 1.807) is 22.7 Å². The van der Waals surface area contributed by atoms with Gasteiger partial charge in [0.1, 0.15) is 11.1 Å². The number of hydrogen-bond acceptors (Lipinski definition) is 6. The van der Waals surface area contributed by atoms with Crippen molar-refractivity contribution < 1.29 is 4.79 Å². The standard InChI is InChI=1S/C20H17N3OS3/c1-12-5-7-13(8-6-12)16-10-25-20(22-16)26-11-18(24)23-19-15(9-21)14-3-2-4-17(14)27-19/h5-8,10H,2-4,11H2,1H3,(H,23,24). The zero-order chi connectivity index (χ0) is 18.8. The largest absolute Gasteiger partial charge is 0.316 e. The fraction of sp³-hybridized carbons (Fsp3) is 0.250. The van der Waals surface area contributed by atoms with Gasteiger partial charge in [0.2, 0.25) is 5.91 Å². The van der Waals surface area contributed by atoms with Crippen LogP contribution in [0, 0.1) is 18.3 Å². The molecule has 0 atom stereocenters. The van der Waals surface area contributed by atoms with Crippen LogP contribution in [-0.2, 0) is 17.6 Å². The molecule has 3 aromatic rings. The summed E-state index contributed by atoms with van der Waals surface area (Å²) in [6, 6.07) is 10.5. The third kappa shape index (κ3) is 3.93. The summed E-state index contributed by atoms with van der Waals surface area (Å²) in [6.45, 7) is 2.06. The fourth-order valence-corrected chi connectivity index (χ4v) is 5.97. The highest BCUT2D eigenvalue weighted by Crippen LogP contribution is 2.38. The molecule has 0 bridgehead atoms. The van der Waals surface area contributed by atoms with E-state index in [2.05, 4.69) is 47.6 Å². The van der Waals surface area contributed by atoms with Crippen LogP contribution < -0.4 is 5.32 Å². The number of hydrogen-bond donors (Lipinski definition) is 1. The van der Waals surface area contributed by atoms with Crippen molar-refractivity contribution in [2.45, 2.75) is 30.5 Å². The third-order valence-electron chi connectivity index (χ3n) is 4.44. The van der Waals surface area contributed by atoms with Gasteiger partial charge in [-0.3, -0.25) is 4.79 Å². The molecule has 1 amide bonds. The highest BCUT2D eigenvalue weighted by molar-refractivity contribution is 8.01. The first-order valence-electron chi connectivity index (χ1n) is 8.64. The number of anilines is 1. The predicted octanol–water partition coefficient (Wildman–Crippen LogP) is 5.27. The van der Waals surface area contributed by atoms with Crippen LogP contribution in [0.2, 0.25) is 0 Å². The van der Waals surface area contributed by atoms with Crippen LogP contribution in [0.4, 0.5) is 5.00 Å². The molecular weight excluding hydrogens is 394 g/mol. The minimum absolute atomic E-state index is 0.0940. The number of rotatable bonds is 5. The number of thiophene rings is 1. The van der Waals surface area contributed by atoms with Gasteiger partial charge in [0.15, 0.2) is 4.34 Å². The molecule has 27 heavy (non-hydrogen) atoms. The number of benzene rings is 1. The Morgan fingerprint density at radius 3 is 2.93 bits per heavy atom. The van der Waals surface area contributed by atoms with Crippen LogP contribution in [0.3, 0.4) is 0 Å². The summed E-state index contributed by atoms with van der Waals surface area (Å²) in [5.74, 6) is 0.192. The number of nitriles is 1. The number of carbonyl (C=O) groups excluding carboxylic acids is 1. The predicted molar refractivity (Wildman–Crippen MR) is 113 cm³/mol. The monoisotopic (exact) mass is 411 g/mol. The molecule has 1 aromatic carbocycles. The lowest BCUT2D eigenvalue weighted by Gasteiger charge is -2.03. The van der Waals surface area contributed by atoms with E-state index in [-0.39, 0.29) is 11.7 Å². The lowest BCUT2D eigenvalue weighted by molar-refractivity contribution is -0.113. The zero-order valence-electron chi connectivity index (χ0n) is 14.7. The molecule has 2 heterocycles. The Morgan fingerprint density at radius 2 is 2.15 bits per heavy atom. The minimum Gasteiger partial charge on any atom is -0.316 e. The van der Waals surface area contributed by atoms with Gasteiger partial charge in [-0.15, -0.1) is 22.7 Å². The van der Waals surface area contributed by atoms with Crippen molar-refractivity contribution in [2.24, 2.45) is 0 Å². The first kappa shape index (κ1) is 18.2. The summed E-state index contributed by atoms with van der Waals surface area (Å²) in [7, 11) is 0. The van der Waals surface area contributed by atoms with Gasteiger partial charge < -0.3 is 5.32 Å². The molecule has 0 fully saturated rings. The minimum atomic E-state index is -0.0940. The lowest BCUT2D eigenvalue weighted by atomic mass is 10.1. The van der Waals surface area contributed by atoms with Crippen LogP contribution in [-0.4, -0.2) is 16.6 Å². The second-order valence-electron chi connectivity index (χ2n) is 6.37. The number of amides is 1. The molecule has 136 valence electrons. The van der Waals surface area contributed by atoms with E-state index in [1.807, 2.05) is 5.38 Å². The molecule has 0 spiro atoms. The summed E-state index contributed by atoms with van der Waals surface area (Å²) in [5, 5.41) is 15.0. The second kappa shape index (κ2) is 7.85. The summed E-state index contributed by atoms with van der Waals surface area (Å²) in [6.07, 6.45) is 3.06. The number of nitrogens with one attached hydrogen (secondary N) is 1. The molecule has 4 rings (SSSR count). The van der Waals surface area contributed by atoms with Crippen LogP contribution in [0.15, 0.2) is 34.0 Å². The van der Waals surface area contributed by atoms with Gasteiger partial charge in [-0.05, 0) is 31.7 Å². The Kier molecular flexibility index (Phi) is 5.30. The number of thiazole rings is 1. The Balaban J connectivity index is 1.38. The third-order valence-corrected chi connectivity index (χ3v) is 7.67. The zero-order valence-corrected chi connectivity index (χ0v) is 17.2. The van der Waals surface area contributed by atoms with E-state index in [9.17, 15) is 10.1 Å². The van der Waals surface area contributed by atoms with Crippen molar-refractivity contribution >= 4 is 45.3 Å². The van der Waals surface area contributed by atoms with Gasteiger partial charge in [-0.1, -0.05) is 41.6 Å². The number of fused-ring (bicyclic) bond motifs is 1. The normalized spacial score (nSPS) is 12.6. The maximum atomic E-state index is 12.3. The highest BCUT2D eigenvalue weighted by atomic mass is 32.2. The van der Waals surface area contributed by atoms with Crippen LogP contribution in [0.25, 0.3) is 11.3 Å². The van der Waals surface area contributed by atoms with Crippen molar-refractivity contribution in [1.29, 1.82) is 5.26 Å². The van der Waals surface area contributed by atoms with Crippen molar-refractivity contribution in [3.63, 3.8) is 0 Å². The van der Waals surface area contributed by atoms with E-state index in [4.69, 9.17) is 0 Å². The molecule has 4 nitrogen and oxygen atoms in total. The van der Waals surface area contributed by atoms with Crippen LogP contribution in [0.5, 0.6) is 0 Å². The SMILES string of the molecule is Cc1ccc(-c2csc(SCC(=O)Nc3sc4c(c3C#N)CCC4)n2)cc1. The molecule has 0 radical (unpaired) electrons. The Labute approximate surface area is 170 Å². The van der Waals surface area contributed by atoms with Gasteiger partial charge in [-0.2, -0.15) is 5.26 Å². The number of aromatic nitrogens is 1. The summed E-state index contributed by atoms with van der Waals surface area (Å²) in [5.41, 5.74) is 5.02. The van der Waals surface area contributed by atoms with E-state index >= 15 is 0 Å². The average molecular weight is 412 g/mol. The first-order chi connectivity index (χ1) is 13.1. The molecule has 0 aliphatic heterocycles. The molecule has 0 unspecified atom stereocenters. The van der Waals surface area contributed by atoms with E-state index in [1.165, 1.54) is 22.2 Å². The molecule has 0 saturated heterocycles. The van der Waals surface area contributed by atoms with Crippen molar-refractivity contribution in [3.05, 3.63) is 51.2 Å². The number of aryl methyl sites for hydroxylation is 2. The average Bonchev–Trinajstić information content (AvgIpc) is 3.36. The molecule has 1 aliphatic rings. The molecule has 0 saturated carbocycles. The maximum Gasteiger partial charge on any atom is 0.235 e. The van der Waals surface area contributed by atoms with Gasteiger partial charge in [0.05, 0.1) is 17.0 Å². The maximum absolute atomic E-state index is 12.3. The lowest BCUT2D eigenvalue weighted by Crippen LogP contribution is -2.13. The molecule has 2 aromatic heterocycles. The smallest absolute Gasteiger partial charge is 0.235 e. The van der Waals surface area contributed by atoms with Crippen molar-refractivity contribution in [1.82, 2.24) is 4.98 Å². The number of thioether (sulfide) groups is 1. The van der Waals surface area contributed by atoms with Gasteiger partial charge in [0, 0.05) is 15.8 Å². The number of nitrogens with zero attached hydrogens (tertiary/aromatic N) is 2. The fourth-order valence-electron chi connectivity index (χ4n) is 3.08. The second-order valence-corrected chi connectivity index (χ2v) is 9.56. The Bertz CT molecular complexity index is 1030. The van der Waals surface area contributed by atoms with E-state index in [0.29, 0.717) is 10.6 Å². The van der Waals surface area contributed by atoms with E-state index in [0.717, 1.165) is 40.4 Å².